The minimum atomic E-state index is -1.58. The average Bonchev–Trinajstić information content (AvgIpc) is 3.77. The standard InChI is InChI=1S/C47H38N2Si/c1-48-43-21-13-11-17-35(43)37-24-22-33(28-44(37)48)49(32-15-6-5-7-16-32)45-30-42-46(38-19-10-9-18-36(38)45)39-25-23-34(50(2,3)4)29-41(39)47(42)27-26-31-14-8-12-20-40(31)47/h5-30H,1-4H3. The fraction of sp³-hybridized carbons (Fsp3) is 0.106. The Morgan fingerprint density at radius 1 is 0.540 bits per heavy atom. The summed E-state index contributed by atoms with van der Waals surface area (Å²) in [6, 6.07) is 54.6. The Labute approximate surface area is 294 Å². The van der Waals surface area contributed by atoms with Gasteiger partial charge >= 0.3 is 0 Å². The first-order valence-corrected chi connectivity index (χ1v) is 21.2. The Morgan fingerprint density at radius 3 is 2.06 bits per heavy atom. The third-order valence-corrected chi connectivity index (χ3v) is 13.4. The Hall–Kier alpha value is -5.64. The molecule has 2 nitrogen and oxygen atoms in total. The van der Waals surface area contributed by atoms with Crippen molar-refractivity contribution in [3.63, 3.8) is 0 Å². The van der Waals surface area contributed by atoms with E-state index in [1.54, 1.807) is 0 Å². The van der Waals surface area contributed by atoms with E-state index in [0.29, 0.717) is 0 Å². The molecular formula is C47H38N2Si. The Balaban J connectivity index is 1.31. The van der Waals surface area contributed by atoms with E-state index >= 15 is 0 Å². The van der Waals surface area contributed by atoms with Crippen LogP contribution in [-0.2, 0) is 12.5 Å². The molecule has 7 aromatic carbocycles. The molecule has 2 aliphatic rings. The van der Waals surface area contributed by atoms with Crippen LogP contribution >= 0.6 is 0 Å². The summed E-state index contributed by atoms with van der Waals surface area (Å²) >= 11 is 0. The van der Waals surface area contributed by atoms with Crippen LogP contribution in [0.25, 0.3) is 49.8 Å². The maximum atomic E-state index is 2.56. The van der Waals surface area contributed by atoms with Gasteiger partial charge in [0.1, 0.15) is 0 Å². The number of rotatable bonds is 4. The fourth-order valence-electron chi connectivity index (χ4n) is 8.91. The number of aromatic nitrogens is 1. The van der Waals surface area contributed by atoms with E-state index in [4.69, 9.17) is 0 Å². The van der Waals surface area contributed by atoms with Crippen LogP contribution in [0.5, 0.6) is 0 Å². The van der Waals surface area contributed by atoms with Gasteiger partial charge in [-0.1, -0.05) is 146 Å². The van der Waals surface area contributed by atoms with Gasteiger partial charge in [-0.25, -0.2) is 0 Å². The molecule has 10 rings (SSSR count). The van der Waals surface area contributed by atoms with Gasteiger partial charge in [0, 0.05) is 40.1 Å². The molecule has 3 heteroatoms. The van der Waals surface area contributed by atoms with Gasteiger partial charge in [0.15, 0.2) is 0 Å². The predicted octanol–water partition coefficient (Wildman–Crippen LogP) is 11.8. The van der Waals surface area contributed by atoms with E-state index in [1.807, 2.05) is 0 Å². The van der Waals surface area contributed by atoms with E-state index in [-0.39, 0.29) is 5.41 Å². The van der Waals surface area contributed by atoms with Gasteiger partial charge < -0.3 is 9.47 Å². The molecule has 8 aromatic rings. The molecule has 0 N–H and O–H groups in total. The highest BCUT2D eigenvalue weighted by molar-refractivity contribution is 6.88. The highest BCUT2D eigenvalue weighted by Gasteiger charge is 2.47. The number of benzene rings is 7. The molecule has 240 valence electrons. The number of allylic oxidation sites excluding steroid dienone is 1. The Morgan fingerprint density at radius 2 is 1.24 bits per heavy atom. The minimum absolute atomic E-state index is 0.363. The van der Waals surface area contributed by atoms with E-state index in [2.05, 4.69) is 194 Å². The van der Waals surface area contributed by atoms with E-state index in [0.717, 1.165) is 11.4 Å². The lowest BCUT2D eigenvalue weighted by atomic mass is 9.74. The molecule has 0 bridgehead atoms. The highest BCUT2D eigenvalue weighted by Crippen LogP contribution is 2.60. The van der Waals surface area contributed by atoms with Gasteiger partial charge in [0.25, 0.3) is 0 Å². The first kappa shape index (κ1) is 29.3. The van der Waals surface area contributed by atoms with Gasteiger partial charge in [-0.05, 0) is 75.2 Å². The lowest BCUT2D eigenvalue weighted by Gasteiger charge is -2.32. The second-order valence-corrected chi connectivity index (χ2v) is 20.1. The van der Waals surface area contributed by atoms with Crippen LogP contribution in [0, 0.1) is 0 Å². The SMILES string of the molecule is Cn1c2ccccc2c2ccc(N(c3ccccc3)c3cc4c(c5ccccc35)-c3ccc([Si](C)(C)C)cc3C43C=Cc4ccccc43)cc21. The second kappa shape index (κ2) is 10.4. The van der Waals surface area contributed by atoms with E-state index in [9.17, 15) is 0 Å². The Bertz CT molecular complexity index is 2710. The van der Waals surface area contributed by atoms with E-state index < -0.39 is 8.07 Å². The maximum Gasteiger partial charge on any atom is 0.0776 e. The molecule has 0 radical (unpaired) electrons. The van der Waals surface area contributed by atoms with Gasteiger partial charge in [-0.2, -0.15) is 0 Å². The molecule has 2 aliphatic carbocycles. The molecule has 0 amide bonds. The van der Waals surface area contributed by atoms with Crippen molar-refractivity contribution in [2.75, 3.05) is 4.90 Å². The van der Waals surface area contributed by atoms with Crippen molar-refractivity contribution in [1.29, 1.82) is 0 Å². The molecule has 1 aromatic heterocycles. The molecule has 1 heterocycles. The number of hydrogen-bond donors (Lipinski definition) is 0. The summed E-state index contributed by atoms with van der Waals surface area (Å²) in [5, 5.41) is 6.61. The molecule has 0 saturated heterocycles. The van der Waals surface area contributed by atoms with Crippen molar-refractivity contribution in [3.8, 4) is 11.1 Å². The number of nitrogens with zero attached hydrogens (tertiary/aromatic N) is 2. The molecule has 1 spiro atoms. The smallest absolute Gasteiger partial charge is 0.0776 e. The van der Waals surface area contributed by atoms with Crippen LogP contribution in [-0.4, -0.2) is 12.6 Å². The number of aryl methyl sites for hydroxylation is 1. The van der Waals surface area contributed by atoms with Gasteiger partial charge in [0.05, 0.1) is 24.7 Å². The minimum Gasteiger partial charge on any atom is -0.344 e. The third kappa shape index (κ3) is 3.95. The summed E-state index contributed by atoms with van der Waals surface area (Å²) in [5.41, 5.74) is 13.8. The average molecular weight is 659 g/mol. The zero-order chi connectivity index (χ0) is 33.8. The zero-order valence-electron chi connectivity index (χ0n) is 28.9. The normalized spacial score (nSPS) is 16.0. The molecule has 1 atom stereocenters. The van der Waals surface area contributed by atoms with Crippen molar-refractivity contribution < 1.29 is 0 Å². The molecule has 50 heavy (non-hydrogen) atoms. The topological polar surface area (TPSA) is 8.17 Å². The van der Waals surface area contributed by atoms with Crippen LogP contribution in [0.3, 0.4) is 0 Å². The summed E-state index contributed by atoms with van der Waals surface area (Å²) in [4.78, 5) is 2.48. The van der Waals surface area contributed by atoms with Crippen LogP contribution in [0.4, 0.5) is 17.1 Å². The van der Waals surface area contributed by atoms with Crippen molar-refractivity contribution in [1.82, 2.24) is 4.57 Å². The van der Waals surface area contributed by atoms with Crippen molar-refractivity contribution in [3.05, 3.63) is 174 Å². The van der Waals surface area contributed by atoms with Crippen molar-refractivity contribution >= 4 is 69.0 Å². The molecule has 0 aliphatic heterocycles. The van der Waals surface area contributed by atoms with Crippen LogP contribution in [0.2, 0.25) is 19.6 Å². The summed E-state index contributed by atoms with van der Waals surface area (Å²) in [6.07, 6.45) is 4.84. The summed E-state index contributed by atoms with van der Waals surface area (Å²) in [5.74, 6) is 0. The molecule has 0 fully saturated rings. The predicted molar refractivity (Wildman–Crippen MR) is 216 cm³/mol. The number of fused-ring (bicyclic) bond motifs is 12. The second-order valence-electron chi connectivity index (χ2n) is 15.1. The third-order valence-electron chi connectivity index (χ3n) is 11.3. The summed E-state index contributed by atoms with van der Waals surface area (Å²) < 4.78 is 2.33. The summed E-state index contributed by atoms with van der Waals surface area (Å²) in [6.45, 7) is 7.37. The number of anilines is 3. The van der Waals surface area contributed by atoms with Crippen molar-refractivity contribution in [2.45, 2.75) is 25.1 Å². The van der Waals surface area contributed by atoms with Crippen LogP contribution in [0.1, 0.15) is 22.3 Å². The quantitative estimate of drug-likeness (QED) is 0.171. The molecule has 0 saturated carbocycles. The lowest BCUT2D eigenvalue weighted by Crippen LogP contribution is -2.38. The van der Waals surface area contributed by atoms with Crippen molar-refractivity contribution in [2.24, 2.45) is 7.05 Å². The monoisotopic (exact) mass is 658 g/mol. The largest absolute Gasteiger partial charge is 0.344 e. The first-order chi connectivity index (χ1) is 24.3. The molecular weight excluding hydrogens is 621 g/mol. The van der Waals surface area contributed by atoms with Crippen LogP contribution in [0.15, 0.2) is 152 Å². The highest BCUT2D eigenvalue weighted by atomic mass is 28.3. The van der Waals surface area contributed by atoms with Gasteiger partial charge in [-0.3, -0.25) is 0 Å². The fourth-order valence-corrected chi connectivity index (χ4v) is 10.1. The lowest BCUT2D eigenvalue weighted by molar-refractivity contribution is 0.823. The van der Waals surface area contributed by atoms with Crippen LogP contribution < -0.4 is 10.1 Å². The first-order valence-electron chi connectivity index (χ1n) is 17.7. The Kier molecular flexibility index (Phi) is 6.11. The maximum absolute atomic E-state index is 2.56. The summed E-state index contributed by atoms with van der Waals surface area (Å²) in [7, 11) is 0.603. The zero-order valence-corrected chi connectivity index (χ0v) is 29.9. The number of para-hydroxylation sites is 2. The number of hydrogen-bond acceptors (Lipinski definition) is 1. The van der Waals surface area contributed by atoms with Gasteiger partial charge in [0.2, 0.25) is 0 Å². The van der Waals surface area contributed by atoms with E-state index in [1.165, 1.54) is 76.8 Å². The molecule has 1 unspecified atom stereocenters. The van der Waals surface area contributed by atoms with Gasteiger partial charge in [-0.15, -0.1) is 0 Å².